The molecule has 2 atom stereocenters. The molecule has 2 aliphatic rings. The van der Waals surface area contributed by atoms with E-state index in [0.717, 1.165) is 25.9 Å². The van der Waals surface area contributed by atoms with Crippen LogP contribution in [0, 0.1) is 5.92 Å². The normalized spacial score (nSPS) is 21.3. The van der Waals surface area contributed by atoms with Crippen LogP contribution in [0.25, 0.3) is 0 Å². The van der Waals surface area contributed by atoms with E-state index in [2.05, 4.69) is 27.5 Å². The van der Waals surface area contributed by atoms with Gasteiger partial charge in [-0.1, -0.05) is 18.5 Å². The second-order valence-corrected chi connectivity index (χ2v) is 8.08. The molecule has 4 rings (SSSR count). The van der Waals surface area contributed by atoms with Crippen LogP contribution in [0.15, 0.2) is 29.1 Å². The number of aromatic nitrogens is 2. The molecule has 3 N–H and O–H groups in total. The molecule has 0 bridgehead atoms. The number of nitrogens with zero attached hydrogens (tertiary/aromatic N) is 2. The van der Waals surface area contributed by atoms with Gasteiger partial charge < -0.3 is 15.5 Å². The van der Waals surface area contributed by atoms with Gasteiger partial charge in [0.05, 0.1) is 11.5 Å². The van der Waals surface area contributed by atoms with Gasteiger partial charge in [0.25, 0.3) is 5.56 Å². The summed E-state index contributed by atoms with van der Waals surface area (Å²) in [5.74, 6) is -0.605. The molecule has 1 aromatic heterocycles. The third-order valence-corrected chi connectivity index (χ3v) is 5.58. The van der Waals surface area contributed by atoms with Crippen LogP contribution in [0.1, 0.15) is 37.7 Å². The zero-order chi connectivity index (χ0) is 20.5. The number of hydrogen-bond acceptors (Lipinski definition) is 5. The minimum absolute atomic E-state index is 0.114. The highest BCUT2D eigenvalue weighted by molar-refractivity contribution is 6.30. The molecule has 152 valence electrons. The first-order chi connectivity index (χ1) is 13.9. The second kappa shape index (κ2) is 7.87. The smallest absolute Gasteiger partial charge is 0.258 e. The van der Waals surface area contributed by atoms with Crippen LogP contribution >= 0.6 is 11.6 Å². The first-order valence-electron chi connectivity index (χ1n) is 9.66. The Morgan fingerprint density at radius 2 is 2.03 bits per heavy atom. The van der Waals surface area contributed by atoms with Crippen molar-refractivity contribution in [2.45, 2.75) is 32.1 Å². The SMILES string of the molecule is C[C@H]1CCCN(c2nc3c(c(=O)[nH]2)[C@@H](C(=O)Nc2ccc(Cl)cc2)CC(=O)N3)C1. The molecule has 0 saturated carbocycles. The Morgan fingerprint density at radius 3 is 2.76 bits per heavy atom. The lowest BCUT2D eigenvalue weighted by Gasteiger charge is -2.32. The number of nitrogens with one attached hydrogen (secondary N) is 3. The Labute approximate surface area is 172 Å². The van der Waals surface area contributed by atoms with Crippen LogP contribution in [0.4, 0.5) is 17.5 Å². The number of aromatic amines is 1. The zero-order valence-electron chi connectivity index (χ0n) is 16.0. The van der Waals surface area contributed by atoms with E-state index in [1.54, 1.807) is 24.3 Å². The van der Waals surface area contributed by atoms with Gasteiger partial charge in [0.1, 0.15) is 5.82 Å². The van der Waals surface area contributed by atoms with E-state index in [9.17, 15) is 14.4 Å². The van der Waals surface area contributed by atoms with Crippen LogP contribution in [0.2, 0.25) is 5.02 Å². The lowest BCUT2D eigenvalue weighted by Crippen LogP contribution is -2.40. The average Bonchev–Trinajstić information content (AvgIpc) is 2.68. The number of benzene rings is 1. The van der Waals surface area contributed by atoms with Gasteiger partial charge in [-0.05, 0) is 43.0 Å². The number of carbonyl (C=O) groups excluding carboxylic acids is 2. The number of carbonyl (C=O) groups is 2. The number of piperidine rings is 1. The van der Waals surface area contributed by atoms with Gasteiger partial charge in [-0.15, -0.1) is 0 Å². The minimum atomic E-state index is -0.917. The van der Waals surface area contributed by atoms with E-state index in [1.807, 2.05) is 4.90 Å². The van der Waals surface area contributed by atoms with Crippen molar-refractivity contribution in [2.75, 3.05) is 28.6 Å². The van der Waals surface area contributed by atoms with Crippen LogP contribution in [-0.4, -0.2) is 34.9 Å². The van der Waals surface area contributed by atoms with Crippen molar-refractivity contribution in [3.8, 4) is 0 Å². The molecular weight excluding hydrogens is 394 g/mol. The van der Waals surface area contributed by atoms with Crippen molar-refractivity contribution in [1.82, 2.24) is 9.97 Å². The molecule has 8 nitrogen and oxygen atoms in total. The number of rotatable bonds is 3. The highest BCUT2D eigenvalue weighted by Crippen LogP contribution is 2.31. The summed E-state index contributed by atoms with van der Waals surface area (Å²) < 4.78 is 0. The van der Waals surface area contributed by atoms with Crippen LogP contribution in [0.5, 0.6) is 0 Å². The maximum absolute atomic E-state index is 12.9. The number of hydrogen-bond donors (Lipinski definition) is 3. The fourth-order valence-electron chi connectivity index (χ4n) is 3.88. The van der Waals surface area contributed by atoms with Gasteiger partial charge in [0.15, 0.2) is 0 Å². The largest absolute Gasteiger partial charge is 0.342 e. The van der Waals surface area contributed by atoms with E-state index in [0.29, 0.717) is 22.6 Å². The molecule has 0 unspecified atom stereocenters. The van der Waals surface area contributed by atoms with Crippen molar-refractivity contribution < 1.29 is 9.59 Å². The second-order valence-electron chi connectivity index (χ2n) is 7.65. The van der Waals surface area contributed by atoms with Gasteiger partial charge in [-0.25, -0.2) is 0 Å². The minimum Gasteiger partial charge on any atom is -0.342 e. The van der Waals surface area contributed by atoms with E-state index in [4.69, 9.17) is 11.6 Å². The van der Waals surface area contributed by atoms with Gasteiger partial charge in [-0.2, -0.15) is 4.98 Å². The highest BCUT2D eigenvalue weighted by Gasteiger charge is 2.35. The fourth-order valence-corrected chi connectivity index (χ4v) is 4.00. The molecule has 0 radical (unpaired) electrons. The van der Waals surface area contributed by atoms with Crippen molar-refractivity contribution in [2.24, 2.45) is 5.92 Å². The molecule has 0 aliphatic carbocycles. The summed E-state index contributed by atoms with van der Waals surface area (Å²) in [5.41, 5.74) is 0.319. The lowest BCUT2D eigenvalue weighted by molar-refractivity contribution is -0.123. The van der Waals surface area contributed by atoms with E-state index < -0.39 is 17.4 Å². The van der Waals surface area contributed by atoms with Crippen LogP contribution in [0.3, 0.4) is 0 Å². The summed E-state index contributed by atoms with van der Waals surface area (Å²) in [7, 11) is 0. The first kappa shape index (κ1) is 19.4. The quantitative estimate of drug-likeness (QED) is 0.714. The summed E-state index contributed by atoms with van der Waals surface area (Å²) in [6.07, 6.45) is 2.03. The van der Waals surface area contributed by atoms with Crippen LogP contribution in [-0.2, 0) is 9.59 Å². The molecule has 1 fully saturated rings. The molecule has 2 aliphatic heterocycles. The van der Waals surface area contributed by atoms with E-state index >= 15 is 0 Å². The van der Waals surface area contributed by atoms with Gasteiger partial charge in [0, 0.05) is 30.2 Å². The topological polar surface area (TPSA) is 107 Å². The molecule has 1 saturated heterocycles. The Morgan fingerprint density at radius 1 is 1.28 bits per heavy atom. The van der Waals surface area contributed by atoms with Crippen molar-refractivity contribution in [3.05, 3.63) is 45.2 Å². The predicted molar refractivity (Wildman–Crippen MR) is 112 cm³/mol. The number of anilines is 3. The number of halogens is 1. The molecule has 1 aromatic carbocycles. The third-order valence-electron chi connectivity index (χ3n) is 5.32. The van der Waals surface area contributed by atoms with Crippen LogP contribution < -0.4 is 21.1 Å². The van der Waals surface area contributed by atoms with E-state index in [1.165, 1.54) is 0 Å². The van der Waals surface area contributed by atoms with Crippen molar-refractivity contribution in [1.29, 1.82) is 0 Å². The predicted octanol–water partition coefficient (Wildman–Crippen LogP) is 2.72. The Hall–Kier alpha value is -2.87. The van der Waals surface area contributed by atoms with Gasteiger partial charge in [-0.3, -0.25) is 19.4 Å². The highest BCUT2D eigenvalue weighted by atomic mass is 35.5. The van der Waals surface area contributed by atoms with Crippen molar-refractivity contribution >= 4 is 40.9 Å². The maximum atomic E-state index is 12.9. The fraction of sp³-hybridized carbons (Fsp3) is 0.400. The summed E-state index contributed by atoms with van der Waals surface area (Å²) in [6, 6.07) is 6.62. The maximum Gasteiger partial charge on any atom is 0.258 e. The monoisotopic (exact) mass is 415 g/mol. The standard InChI is InChI=1S/C20H22ClN5O3/c1-11-3-2-8-26(10-11)20-24-17-16(19(29)25-20)14(9-15(27)23-17)18(28)22-13-6-4-12(21)5-7-13/h4-7,11,14H,2-3,8-10H2,1H3,(H,22,28)(H2,23,24,25,27,29)/t11-,14-/m0/s1. The summed E-state index contributed by atoms with van der Waals surface area (Å²) in [6.45, 7) is 3.73. The number of H-pyrrole nitrogens is 1. The Kier molecular flexibility index (Phi) is 5.27. The number of fused-ring (bicyclic) bond motifs is 1. The molecule has 2 amide bonds. The van der Waals surface area contributed by atoms with Crippen molar-refractivity contribution in [3.63, 3.8) is 0 Å². The summed E-state index contributed by atoms with van der Waals surface area (Å²) in [4.78, 5) is 47.2. The summed E-state index contributed by atoms with van der Waals surface area (Å²) >= 11 is 5.87. The summed E-state index contributed by atoms with van der Waals surface area (Å²) in [5, 5.41) is 5.94. The molecule has 9 heteroatoms. The van der Waals surface area contributed by atoms with E-state index in [-0.39, 0.29) is 23.7 Å². The molecule has 29 heavy (non-hydrogen) atoms. The molecule has 0 spiro atoms. The lowest BCUT2D eigenvalue weighted by atomic mass is 9.92. The zero-order valence-corrected chi connectivity index (χ0v) is 16.8. The molecule has 2 aromatic rings. The number of amides is 2. The van der Waals surface area contributed by atoms with Gasteiger partial charge in [0.2, 0.25) is 17.8 Å². The Balaban J connectivity index is 1.63. The van der Waals surface area contributed by atoms with Gasteiger partial charge >= 0.3 is 0 Å². The average molecular weight is 416 g/mol. The third kappa shape index (κ3) is 4.12. The molecule has 3 heterocycles. The first-order valence-corrected chi connectivity index (χ1v) is 10.0. The Bertz CT molecular complexity index is 1000. The molecular formula is C20H22ClN5O3.